The molecule has 3 aromatic carbocycles. The summed E-state index contributed by atoms with van der Waals surface area (Å²) in [4.78, 5) is 20.2. The van der Waals surface area contributed by atoms with Crippen LogP contribution in [0.15, 0.2) is 71.6 Å². The van der Waals surface area contributed by atoms with E-state index in [9.17, 15) is 13.2 Å². The van der Waals surface area contributed by atoms with Crippen molar-refractivity contribution in [3.63, 3.8) is 0 Å². The van der Waals surface area contributed by atoms with Crippen LogP contribution in [0.3, 0.4) is 0 Å². The highest BCUT2D eigenvalue weighted by molar-refractivity contribution is 7.90. The van der Waals surface area contributed by atoms with Gasteiger partial charge in [-0.1, -0.05) is 37.3 Å². The van der Waals surface area contributed by atoms with E-state index in [1.54, 1.807) is 46.1 Å². The number of ether oxygens (including phenoxy) is 2. The van der Waals surface area contributed by atoms with Crippen LogP contribution in [-0.2, 0) is 21.2 Å². The van der Waals surface area contributed by atoms with Crippen molar-refractivity contribution in [2.45, 2.75) is 44.6 Å². The van der Waals surface area contributed by atoms with Crippen molar-refractivity contribution in [2.75, 3.05) is 7.11 Å². The standard InChI is InChI=1S/C26H30N2O5S.C2H2.CH2O/c1-6-18-10-15-23(24(16-18)34(30,31)28-25(29)27-26(2,3)4)33-22-9-7-8-20(17-22)19-11-13-21(32-5)14-12-19;2*1-2/h7-17H,6H2,1-5H3,(H2,27,28,29);1-2H;1H2. The molecule has 0 bridgehead atoms. The third-order valence-electron chi connectivity index (χ3n) is 4.91. The zero-order valence-corrected chi connectivity index (χ0v) is 23.1. The molecule has 0 saturated heterocycles. The Kier molecular flexibility index (Phi) is 12.1. The van der Waals surface area contributed by atoms with Gasteiger partial charge in [0.1, 0.15) is 28.9 Å². The number of benzene rings is 3. The average Bonchev–Trinajstić information content (AvgIpc) is 2.90. The molecule has 0 radical (unpaired) electrons. The van der Waals surface area contributed by atoms with Crippen molar-refractivity contribution in [1.82, 2.24) is 10.0 Å². The Morgan fingerprint density at radius 2 is 1.55 bits per heavy atom. The summed E-state index contributed by atoms with van der Waals surface area (Å²) >= 11 is 0. The molecular weight excluding hydrogens is 504 g/mol. The molecule has 8 nitrogen and oxygen atoms in total. The molecule has 0 atom stereocenters. The first-order valence-electron chi connectivity index (χ1n) is 11.5. The summed E-state index contributed by atoms with van der Waals surface area (Å²) in [6.45, 7) is 9.22. The van der Waals surface area contributed by atoms with Gasteiger partial charge >= 0.3 is 6.03 Å². The van der Waals surface area contributed by atoms with E-state index in [0.29, 0.717) is 12.2 Å². The number of hydrogen-bond donors (Lipinski definition) is 2. The molecule has 3 rings (SSSR count). The van der Waals surface area contributed by atoms with Gasteiger partial charge in [-0.05, 0) is 80.3 Å². The second kappa shape index (κ2) is 14.4. The molecule has 0 aliphatic heterocycles. The minimum Gasteiger partial charge on any atom is -0.497 e. The molecule has 2 amide bonds. The summed E-state index contributed by atoms with van der Waals surface area (Å²) < 4.78 is 39.5. The Balaban J connectivity index is 0.00000172. The number of nitrogens with one attached hydrogen (secondary N) is 2. The van der Waals surface area contributed by atoms with Gasteiger partial charge in [0.15, 0.2) is 0 Å². The number of amides is 2. The zero-order chi connectivity index (χ0) is 28.9. The van der Waals surface area contributed by atoms with Crippen molar-refractivity contribution in [3.8, 4) is 41.2 Å². The van der Waals surface area contributed by atoms with Crippen LogP contribution in [0.1, 0.15) is 33.3 Å². The molecule has 0 aromatic heterocycles. The smallest absolute Gasteiger partial charge is 0.329 e. The summed E-state index contributed by atoms with van der Waals surface area (Å²) in [7, 11) is -2.57. The second-order valence-electron chi connectivity index (χ2n) is 8.80. The van der Waals surface area contributed by atoms with E-state index in [0.717, 1.165) is 22.4 Å². The Morgan fingerprint density at radius 3 is 2.11 bits per heavy atom. The fourth-order valence-electron chi connectivity index (χ4n) is 3.26. The van der Waals surface area contributed by atoms with Crippen molar-refractivity contribution in [1.29, 1.82) is 0 Å². The Labute approximate surface area is 225 Å². The lowest BCUT2D eigenvalue weighted by molar-refractivity contribution is -0.0980. The van der Waals surface area contributed by atoms with Crippen LogP contribution in [-0.4, -0.2) is 33.9 Å². The molecule has 202 valence electrons. The monoisotopic (exact) mass is 538 g/mol. The number of carbonyl (C=O) groups excluding carboxylic acids is 2. The van der Waals surface area contributed by atoms with Crippen LogP contribution >= 0.6 is 0 Å². The minimum atomic E-state index is -4.19. The number of sulfonamides is 1. The van der Waals surface area contributed by atoms with Gasteiger partial charge in [0.05, 0.1) is 7.11 Å². The Bertz CT molecular complexity index is 1330. The Morgan fingerprint density at radius 1 is 0.921 bits per heavy atom. The molecule has 0 heterocycles. The lowest BCUT2D eigenvalue weighted by atomic mass is 10.1. The summed E-state index contributed by atoms with van der Waals surface area (Å²) in [6, 6.07) is 19.1. The normalized spacial score (nSPS) is 10.5. The summed E-state index contributed by atoms with van der Waals surface area (Å²) in [6.07, 6.45) is 8.63. The van der Waals surface area contributed by atoms with E-state index in [1.807, 2.05) is 56.2 Å². The number of carbonyl (C=O) groups is 2. The number of hydrogen-bond acceptors (Lipinski definition) is 6. The zero-order valence-electron chi connectivity index (χ0n) is 22.3. The van der Waals surface area contributed by atoms with Gasteiger partial charge < -0.3 is 19.6 Å². The van der Waals surface area contributed by atoms with Gasteiger partial charge in [0, 0.05) is 5.54 Å². The molecular formula is C29H34N2O6S. The molecule has 0 fully saturated rings. The van der Waals surface area contributed by atoms with Crippen molar-refractivity contribution >= 4 is 22.8 Å². The highest BCUT2D eigenvalue weighted by atomic mass is 32.2. The first-order valence-corrected chi connectivity index (χ1v) is 13.0. The van der Waals surface area contributed by atoms with Gasteiger partial charge in [0.25, 0.3) is 10.0 Å². The van der Waals surface area contributed by atoms with Gasteiger partial charge in [-0.15, -0.1) is 12.8 Å². The van der Waals surface area contributed by atoms with E-state index in [2.05, 4.69) is 22.9 Å². The quantitative estimate of drug-likeness (QED) is 0.381. The molecule has 2 N–H and O–H groups in total. The number of methoxy groups -OCH3 is 1. The predicted octanol–water partition coefficient (Wildman–Crippen LogP) is 5.57. The third-order valence-corrected chi connectivity index (χ3v) is 6.26. The maximum absolute atomic E-state index is 13.1. The third kappa shape index (κ3) is 9.30. The van der Waals surface area contributed by atoms with Crippen LogP contribution in [0.25, 0.3) is 11.1 Å². The molecule has 0 unspecified atom stereocenters. The maximum atomic E-state index is 13.1. The highest BCUT2D eigenvalue weighted by Gasteiger charge is 2.25. The number of rotatable bonds is 7. The second-order valence-corrected chi connectivity index (χ2v) is 10.5. The maximum Gasteiger partial charge on any atom is 0.329 e. The Hall–Kier alpha value is -4.29. The van der Waals surface area contributed by atoms with E-state index >= 15 is 0 Å². The fourth-order valence-corrected chi connectivity index (χ4v) is 4.35. The van der Waals surface area contributed by atoms with E-state index in [1.165, 1.54) is 6.07 Å². The van der Waals surface area contributed by atoms with Crippen LogP contribution < -0.4 is 19.5 Å². The van der Waals surface area contributed by atoms with Gasteiger partial charge in [-0.3, -0.25) is 0 Å². The molecule has 38 heavy (non-hydrogen) atoms. The van der Waals surface area contributed by atoms with Crippen LogP contribution in [0.2, 0.25) is 0 Å². The summed E-state index contributed by atoms with van der Waals surface area (Å²) in [5.41, 5.74) is 2.07. The van der Waals surface area contributed by atoms with E-state index in [4.69, 9.17) is 14.3 Å². The summed E-state index contributed by atoms with van der Waals surface area (Å²) in [5.74, 6) is 1.35. The van der Waals surface area contributed by atoms with Crippen molar-refractivity contribution < 1.29 is 27.5 Å². The number of urea groups is 1. The van der Waals surface area contributed by atoms with Crippen LogP contribution in [0.5, 0.6) is 17.2 Å². The molecule has 0 spiro atoms. The highest BCUT2D eigenvalue weighted by Crippen LogP contribution is 2.32. The van der Waals surface area contributed by atoms with Gasteiger partial charge in [-0.2, -0.15) is 0 Å². The predicted molar refractivity (Wildman–Crippen MR) is 150 cm³/mol. The fraction of sp³-hybridized carbons (Fsp3) is 0.241. The van der Waals surface area contributed by atoms with Crippen LogP contribution in [0, 0.1) is 12.8 Å². The van der Waals surface area contributed by atoms with Crippen molar-refractivity contribution in [3.05, 3.63) is 72.3 Å². The lowest BCUT2D eigenvalue weighted by Crippen LogP contribution is -2.48. The first-order chi connectivity index (χ1) is 18.0. The molecule has 0 saturated carbocycles. The molecule has 0 aliphatic carbocycles. The van der Waals surface area contributed by atoms with E-state index < -0.39 is 21.6 Å². The van der Waals surface area contributed by atoms with Gasteiger partial charge in [-0.25, -0.2) is 17.9 Å². The van der Waals surface area contributed by atoms with Crippen molar-refractivity contribution in [2.24, 2.45) is 0 Å². The topological polar surface area (TPSA) is 111 Å². The minimum absolute atomic E-state index is 0.106. The molecule has 9 heteroatoms. The lowest BCUT2D eigenvalue weighted by Gasteiger charge is -2.21. The molecule has 0 aliphatic rings. The van der Waals surface area contributed by atoms with E-state index in [-0.39, 0.29) is 10.6 Å². The van der Waals surface area contributed by atoms with Gasteiger partial charge in [0.2, 0.25) is 0 Å². The molecule has 3 aromatic rings. The number of aryl methyl sites for hydroxylation is 1. The average molecular weight is 539 g/mol. The number of terminal acetylenes is 1. The SMILES string of the molecule is C#C.C=O.CCc1ccc(Oc2cccc(-c3ccc(OC)cc3)c2)c(S(=O)(=O)NC(=O)NC(C)(C)C)c1. The largest absolute Gasteiger partial charge is 0.497 e. The summed E-state index contributed by atoms with van der Waals surface area (Å²) in [5, 5.41) is 2.60. The van der Waals surface area contributed by atoms with Crippen LogP contribution in [0.4, 0.5) is 4.79 Å². The first kappa shape index (κ1) is 31.7.